The SMILES string of the molecule is COc1ccc(CC2=CCC(=C(O)Oc3cc(F)ccc3F)C=C2)cc1. The van der Waals surface area contributed by atoms with Crippen LogP contribution in [0.5, 0.6) is 11.5 Å². The average molecular weight is 356 g/mol. The quantitative estimate of drug-likeness (QED) is 0.744. The van der Waals surface area contributed by atoms with Crippen LogP contribution < -0.4 is 9.47 Å². The topological polar surface area (TPSA) is 38.7 Å². The molecule has 2 aromatic carbocycles. The lowest BCUT2D eigenvalue weighted by Gasteiger charge is -2.13. The van der Waals surface area contributed by atoms with Crippen LogP contribution in [0.3, 0.4) is 0 Å². The van der Waals surface area contributed by atoms with Crippen LogP contribution in [-0.4, -0.2) is 12.2 Å². The van der Waals surface area contributed by atoms with Crippen molar-refractivity contribution in [1.82, 2.24) is 0 Å². The predicted molar refractivity (Wildman–Crippen MR) is 95.2 cm³/mol. The largest absolute Gasteiger partial charge is 0.497 e. The molecule has 2 aromatic rings. The van der Waals surface area contributed by atoms with E-state index in [4.69, 9.17) is 9.47 Å². The molecule has 0 bridgehead atoms. The van der Waals surface area contributed by atoms with Gasteiger partial charge in [0.15, 0.2) is 11.6 Å². The highest BCUT2D eigenvalue weighted by Crippen LogP contribution is 2.25. The molecule has 0 unspecified atom stereocenters. The molecule has 0 saturated heterocycles. The monoisotopic (exact) mass is 356 g/mol. The molecule has 3 rings (SSSR count). The van der Waals surface area contributed by atoms with E-state index >= 15 is 0 Å². The first kappa shape index (κ1) is 17.7. The summed E-state index contributed by atoms with van der Waals surface area (Å²) in [7, 11) is 1.62. The molecule has 0 heterocycles. The van der Waals surface area contributed by atoms with E-state index in [0.29, 0.717) is 12.0 Å². The van der Waals surface area contributed by atoms with Crippen LogP contribution in [0.15, 0.2) is 77.8 Å². The van der Waals surface area contributed by atoms with Crippen molar-refractivity contribution in [2.75, 3.05) is 7.11 Å². The van der Waals surface area contributed by atoms with Crippen LogP contribution in [0.2, 0.25) is 0 Å². The van der Waals surface area contributed by atoms with Crippen molar-refractivity contribution in [2.24, 2.45) is 0 Å². The Kier molecular flexibility index (Phi) is 5.37. The lowest BCUT2D eigenvalue weighted by atomic mass is 9.97. The zero-order valence-electron chi connectivity index (χ0n) is 14.2. The van der Waals surface area contributed by atoms with Crippen molar-refractivity contribution in [2.45, 2.75) is 12.8 Å². The van der Waals surface area contributed by atoms with E-state index in [2.05, 4.69) is 0 Å². The van der Waals surface area contributed by atoms with Crippen LogP contribution >= 0.6 is 0 Å². The Balaban J connectivity index is 1.66. The Labute approximate surface area is 150 Å². The number of aliphatic hydroxyl groups is 1. The number of methoxy groups -OCH3 is 1. The molecule has 0 fully saturated rings. The zero-order chi connectivity index (χ0) is 18.5. The summed E-state index contributed by atoms with van der Waals surface area (Å²) in [6, 6.07) is 10.6. The fraction of sp³-hybridized carbons (Fsp3) is 0.143. The van der Waals surface area contributed by atoms with Gasteiger partial charge in [0.05, 0.1) is 7.11 Å². The van der Waals surface area contributed by atoms with Gasteiger partial charge in [-0.15, -0.1) is 0 Å². The first-order valence-corrected chi connectivity index (χ1v) is 8.10. The van der Waals surface area contributed by atoms with Crippen molar-refractivity contribution in [3.05, 3.63) is 95.0 Å². The van der Waals surface area contributed by atoms with Gasteiger partial charge in [-0.1, -0.05) is 30.4 Å². The molecule has 134 valence electrons. The Hall–Kier alpha value is -3.08. The van der Waals surface area contributed by atoms with E-state index in [1.807, 2.05) is 36.4 Å². The highest BCUT2D eigenvalue weighted by molar-refractivity contribution is 5.40. The van der Waals surface area contributed by atoms with Gasteiger partial charge in [0.25, 0.3) is 5.95 Å². The summed E-state index contributed by atoms with van der Waals surface area (Å²) in [6.07, 6.45) is 6.72. The predicted octanol–water partition coefficient (Wildman–Crippen LogP) is 5.25. The van der Waals surface area contributed by atoms with E-state index < -0.39 is 17.6 Å². The van der Waals surface area contributed by atoms with Gasteiger partial charge >= 0.3 is 0 Å². The third kappa shape index (κ3) is 4.30. The maximum atomic E-state index is 13.6. The molecule has 0 spiro atoms. The molecular weight excluding hydrogens is 338 g/mol. The summed E-state index contributed by atoms with van der Waals surface area (Å²) in [6.45, 7) is 0. The highest BCUT2D eigenvalue weighted by Gasteiger charge is 2.12. The lowest BCUT2D eigenvalue weighted by molar-refractivity contribution is 0.197. The maximum absolute atomic E-state index is 13.6. The third-order valence-corrected chi connectivity index (χ3v) is 4.02. The van der Waals surface area contributed by atoms with Gasteiger partial charge in [-0.2, -0.15) is 0 Å². The van der Waals surface area contributed by atoms with Gasteiger partial charge in [0.1, 0.15) is 11.6 Å². The Morgan fingerprint density at radius 3 is 2.50 bits per heavy atom. The molecule has 0 aromatic heterocycles. The van der Waals surface area contributed by atoms with Gasteiger partial charge in [0.2, 0.25) is 0 Å². The van der Waals surface area contributed by atoms with Crippen molar-refractivity contribution in [1.29, 1.82) is 0 Å². The second-order valence-electron chi connectivity index (χ2n) is 5.85. The molecule has 26 heavy (non-hydrogen) atoms. The highest BCUT2D eigenvalue weighted by atomic mass is 19.1. The molecule has 0 amide bonds. The molecule has 0 atom stereocenters. The Bertz CT molecular complexity index is 881. The first-order valence-electron chi connectivity index (χ1n) is 8.10. The molecular formula is C21H18F2O3. The minimum Gasteiger partial charge on any atom is -0.497 e. The lowest BCUT2D eigenvalue weighted by Crippen LogP contribution is -2.03. The number of rotatable bonds is 5. The van der Waals surface area contributed by atoms with E-state index in [-0.39, 0.29) is 5.75 Å². The fourth-order valence-corrected chi connectivity index (χ4v) is 2.58. The van der Waals surface area contributed by atoms with E-state index in [1.54, 1.807) is 13.2 Å². The smallest absolute Gasteiger partial charge is 0.285 e. The number of aliphatic hydroxyl groups excluding tert-OH is 1. The number of hydrogen-bond donors (Lipinski definition) is 1. The van der Waals surface area contributed by atoms with Crippen LogP contribution in [0.4, 0.5) is 8.78 Å². The van der Waals surface area contributed by atoms with Crippen LogP contribution in [0, 0.1) is 11.6 Å². The van der Waals surface area contributed by atoms with Crippen LogP contribution in [0.1, 0.15) is 12.0 Å². The minimum atomic E-state index is -0.742. The Morgan fingerprint density at radius 2 is 1.85 bits per heavy atom. The molecule has 0 aliphatic heterocycles. The van der Waals surface area contributed by atoms with Crippen molar-refractivity contribution < 1.29 is 23.4 Å². The molecule has 0 radical (unpaired) electrons. The van der Waals surface area contributed by atoms with Crippen LogP contribution in [0.25, 0.3) is 0 Å². The molecule has 1 N–H and O–H groups in total. The standard InChI is InChI=1S/C21H18F2O3/c1-25-18-9-4-15(5-10-18)12-14-2-6-16(7-3-14)21(24)26-20-13-17(22)8-11-19(20)23/h2-6,8-11,13,24H,7,12H2,1H3. The molecule has 3 nitrogen and oxygen atoms in total. The second-order valence-corrected chi connectivity index (χ2v) is 5.85. The van der Waals surface area contributed by atoms with E-state index in [9.17, 15) is 13.9 Å². The number of halogens is 2. The van der Waals surface area contributed by atoms with E-state index in [0.717, 1.165) is 41.5 Å². The minimum absolute atomic E-state index is 0.351. The van der Waals surface area contributed by atoms with Crippen LogP contribution in [-0.2, 0) is 6.42 Å². The van der Waals surface area contributed by atoms with Gasteiger partial charge in [-0.05, 0) is 48.2 Å². The van der Waals surface area contributed by atoms with Gasteiger partial charge in [-0.25, -0.2) is 8.78 Å². The fourth-order valence-electron chi connectivity index (χ4n) is 2.58. The third-order valence-electron chi connectivity index (χ3n) is 4.02. The van der Waals surface area contributed by atoms with Gasteiger partial charge in [-0.3, -0.25) is 0 Å². The van der Waals surface area contributed by atoms with Gasteiger partial charge in [0, 0.05) is 11.6 Å². The molecule has 1 aliphatic carbocycles. The van der Waals surface area contributed by atoms with E-state index in [1.165, 1.54) is 0 Å². The number of benzene rings is 2. The molecule has 0 saturated carbocycles. The van der Waals surface area contributed by atoms with Crippen molar-refractivity contribution in [3.8, 4) is 11.5 Å². The summed E-state index contributed by atoms with van der Waals surface area (Å²) in [5, 5.41) is 10.1. The van der Waals surface area contributed by atoms with Crippen molar-refractivity contribution >= 4 is 0 Å². The first-order chi connectivity index (χ1) is 12.5. The summed E-state index contributed by atoms with van der Waals surface area (Å²) >= 11 is 0. The second kappa shape index (κ2) is 7.87. The van der Waals surface area contributed by atoms with Crippen molar-refractivity contribution in [3.63, 3.8) is 0 Å². The number of hydrogen-bond acceptors (Lipinski definition) is 3. The summed E-state index contributed by atoms with van der Waals surface area (Å²) in [5.41, 5.74) is 2.72. The van der Waals surface area contributed by atoms with Gasteiger partial charge < -0.3 is 14.6 Å². The number of allylic oxidation sites excluding steroid dienone is 5. The average Bonchev–Trinajstić information content (AvgIpc) is 2.66. The Morgan fingerprint density at radius 1 is 1.08 bits per heavy atom. The summed E-state index contributed by atoms with van der Waals surface area (Å²) in [5.74, 6) is -1.37. The molecule has 1 aliphatic rings. The zero-order valence-corrected chi connectivity index (χ0v) is 14.2. The molecule has 5 heteroatoms. The summed E-state index contributed by atoms with van der Waals surface area (Å²) in [4.78, 5) is 0. The normalized spacial score (nSPS) is 15.4. The summed E-state index contributed by atoms with van der Waals surface area (Å²) < 4.78 is 37.0. The number of ether oxygens (including phenoxy) is 2. The maximum Gasteiger partial charge on any atom is 0.285 e.